The maximum absolute atomic E-state index is 13.1. The Hall–Kier alpha value is -3.58. The van der Waals surface area contributed by atoms with Gasteiger partial charge in [0.15, 0.2) is 24.6 Å². The van der Waals surface area contributed by atoms with Gasteiger partial charge in [-0.25, -0.2) is 4.79 Å². The average Bonchev–Trinajstić information content (AvgIpc) is 3.33. The molecule has 0 amide bonds. The first-order valence-electron chi connectivity index (χ1n) is 27.3. The van der Waals surface area contributed by atoms with Crippen LogP contribution in [0.1, 0.15) is 226 Å². The molecule has 1 aliphatic rings. The van der Waals surface area contributed by atoms with Gasteiger partial charge in [-0.15, -0.1) is 0 Å². The molecule has 69 heavy (non-hydrogen) atoms. The molecule has 12 nitrogen and oxygen atoms in total. The monoisotopic (exact) mass is 973 g/mol. The van der Waals surface area contributed by atoms with Gasteiger partial charge in [0, 0.05) is 19.3 Å². The Kier molecular flexibility index (Phi) is 41.9. The highest BCUT2D eigenvalue weighted by molar-refractivity contribution is 5.74. The molecule has 6 unspecified atom stereocenters. The van der Waals surface area contributed by atoms with Gasteiger partial charge in [-0.1, -0.05) is 165 Å². The highest BCUT2D eigenvalue weighted by atomic mass is 16.7. The summed E-state index contributed by atoms with van der Waals surface area (Å²) in [6.45, 7) is 5.80. The number of carboxylic acid groups (broad SMARTS) is 1. The number of carbonyl (C=O) groups is 4. The lowest BCUT2D eigenvalue weighted by Gasteiger charge is -2.40. The Bertz CT molecular complexity index is 1440. The summed E-state index contributed by atoms with van der Waals surface area (Å²) in [5.41, 5.74) is 0. The molecule has 3 N–H and O–H groups in total. The molecule has 6 atom stereocenters. The van der Waals surface area contributed by atoms with Gasteiger partial charge in [-0.3, -0.25) is 14.4 Å². The van der Waals surface area contributed by atoms with E-state index in [-0.39, 0.29) is 25.9 Å². The molecule has 0 aromatic carbocycles. The molecule has 1 saturated heterocycles. The number of allylic oxidation sites excluding steroid dienone is 10. The van der Waals surface area contributed by atoms with Crippen molar-refractivity contribution in [3.05, 3.63) is 60.8 Å². The number of carboxylic acids is 1. The maximum Gasteiger partial charge on any atom is 0.335 e. The predicted molar refractivity (Wildman–Crippen MR) is 275 cm³/mol. The number of carbonyl (C=O) groups excluding carboxylic acids is 3. The Morgan fingerprint density at radius 3 is 1.42 bits per heavy atom. The average molecular weight is 973 g/mol. The van der Waals surface area contributed by atoms with Crippen LogP contribution >= 0.6 is 0 Å². The number of aliphatic hydroxyl groups excluding tert-OH is 2. The summed E-state index contributed by atoms with van der Waals surface area (Å²) in [7, 11) is 0. The minimum absolute atomic E-state index is 0.0230. The molecular weight excluding hydrogens is 877 g/mol. The lowest BCUT2D eigenvalue weighted by molar-refractivity contribution is -0.301. The van der Waals surface area contributed by atoms with E-state index in [9.17, 15) is 34.5 Å². The van der Waals surface area contributed by atoms with E-state index in [0.29, 0.717) is 19.3 Å². The van der Waals surface area contributed by atoms with Gasteiger partial charge in [0.1, 0.15) is 18.8 Å². The van der Waals surface area contributed by atoms with Crippen molar-refractivity contribution in [3.8, 4) is 0 Å². The summed E-state index contributed by atoms with van der Waals surface area (Å²) in [6.07, 6.45) is 42.0. The van der Waals surface area contributed by atoms with Gasteiger partial charge in [0.05, 0.1) is 6.61 Å². The molecule has 1 rings (SSSR count). The van der Waals surface area contributed by atoms with E-state index in [4.69, 9.17) is 23.7 Å². The number of aliphatic carboxylic acids is 1. The molecule has 0 aromatic rings. The number of hydrogen-bond acceptors (Lipinski definition) is 11. The lowest BCUT2D eigenvalue weighted by atomic mass is 9.98. The Morgan fingerprint density at radius 1 is 0.493 bits per heavy atom. The molecular formula is C57H96O12. The number of aliphatic hydroxyl groups is 2. The third kappa shape index (κ3) is 36.1. The quantitative estimate of drug-likeness (QED) is 0.0228. The maximum atomic E-state index is 13.1. The van der Waals surface area contributed by atoms with Crippen LogP contribution in [0.2, 0.25) is 0 Å². The van der Waals surface area contributed by atoms with Crippen molar-refractivity contribution >= 4 is 23.9 Å². The first kappa shape index (κ1) is 63.4. The van der Waals surface area contributed by atoms with Crippen LogP contribution in [0, 0.1) is 0 Å². The summed E-state index contributed by atoms with van der Waals surface area (Å²) in [4.78, 5) is 50.9. The molecule has 1 fully saturated rings. The van der Waals surface area contributed by atoms with Crippen LogP contribution in [0.25, 0.3) is 0 Å². The highest BCUT2D eigenvalue weighted by Crippen LogP contribution is 2.26. The summed E-state index contributed by atoms with van der Waals surface area (Å²) >= 11 is 0. The van der Waals surface area contributed by atoms with E-state index in [1.807, 2.05) is 0 Å². The third-order valence-corrected chi connectivity index (χ3v) is 12.0. The van der Waals surface area contributed by atoms with Crippen LogP contribution in [0.3, 0.4) is 0 Å². The van der Waals surface area contributed by atoms with Crippen molar-refractivity contribution in [2.24, 2.45) is 0 Å². The van der Waals surface area contributed by atoms with Crippen molar-refractivity contribution in [1.82, 2.24) is 0 Å². The van der Waals surface area contributed by atoms with Gasteiger partial charge in [0.25, 0.3) is 0 Å². The standard InChI is InChI=1S/C57H96O12/c1-4-7-10-13-16-19-22-25-28-31-34-37-40-43-49(58)65-46-48(67-50(59)44-41-38-35-32-29-26-23-20-17-14-11-8-5-2)47-66-57-55(53(62)52(61)54(69-57)56(63)64)68-51(60)45-42-39-36-33-30-27-24-21-18-15-12-9-6-3/h9,12,18-23,27,30,48,52-55,57,61-62H,4-8,10-11,13-17,24-26,28-29,31-47H2,1-3H3,(H,63,64)/b12-9-,21-18-,22-19-,23-20-,30-27-. The van der Waals surface area contributed by atoms with Crippen LogP contribution in [-0.4, -0.2) is 89.2 Å². The zero-order valence-electron chi connectivity index (χ0n) is 43.3. The molecule has 0 aliphatic carbocycles. The normalized spacial score (nSPS) is 19.1. The molecule has 0 radical (unpaired) electrons. The molecule has 1 heterocycles. The summed E-state index contributed by atoms with van der Waals surface area (Å²) in [6, 6.07) is 0. The van der Waals surface area contributed by atoms with Crippen molar-refractivity contribution in [3.63, 3.8) is 0 Å². The van der Waals surface area contributed by atoms with Crippen LogP contribution < -0.4 is 0 Å². The van der Waals surface area contributed by atoms with Crippen molar-refractivity contribution < 1.29 is 58.2 Å². The van der Waals surface area contributed by atoms with Gasteiger partial charge in [-0.05, 0) is 103 Å². The molecule has 0 saturated carbocycles. The molecule has 12 heteroatoms. The summed E-state index contributed by atoms with van der Waals surface area (Å²) in [5, 5.41) is 31.3. The van der Waals surface area contributed by atoms with E-state index >= 15 is 0 Å². The zero-order valence-corrected chi connectivity index (χ0v) is 43.3. The number of esters is 3. The van der Waals surface area contributed by atoms with Crippen LogP contribution in [0.5, 0.6) is 0 Å². The predicted octanol–water partition coefficient (Wildman–Crippen LogP) is 13.2. The molecule has 0 bridgehead atoms. The van der Waals surface area contributed by atoms with E-state index < -0.39 is 67.3 Å². The second kappa shape index (κ2) is 45.6. The Labute approximate surface area is 417 Å². The number of hydrogen-bond donors (Lipinski definition) is 3. The first-order valence-corrected chi connectivity index (χ1v) is 27.3. The largest absolute Gasteiger partial charge is 0.479 e. The first-order chi connectivity index (χ1) is 33.6. The van der Waals surface area contributed by atoms with E-state index in [0.717, 1.165) is 116 Å². The highest BCUT2D eigenvalue weighted by Gasteiger charge is 2.50. The van der Waals surface area contributed by atoms with Gasteiger partial charge in [-0.2, -0.15) is 0 Å². The van der Waals surface area contributed by atoms with Crippen LogP contribution in [0.4, 0.5) is 0 Å². The van der Waals surface area contributed by atoms with E-state index in [1.165, 1.54) is 51.4 Å². The minimum atomic E-state index is -1.91. The Morgan fingerprint density at radius 2 is 0.913 bits per heavy atom. The van der Waals surface area contributed by atoms with Gasteiger partial charge in [0.2, 0.25) is 0 Å². The molecule has 1 aliphatic heterocycles. The third-order valence-electron chi connectivity index (χ3n) is 12.0. The summed E-state index contributed by atoms with van der Waals surface area (Å²) in [5.74, 6) is -3.18. The number of rotatable bonds is 45. The fraction of sp³-hybridized carbons (Fsp3) is 0.754. The smallest absolute Gasteiger partial charge is 0.335 e. The van der Waals surface area contributed by atoms with Crippen molar-refractivity contribution in [2.75, 3.05) is 13.2 Å². The van der Waals surface area contributed by atoms with Crippen molar-refractivity contribution in [1.29, 1.82) is 0 Å². The SMILES string of the molecule is CC/C=C\C/C=C\C/C=C\CCCCCC(=O)OC1C(OCC(COC(=O)CCCCCCC/C=C\CCCCCC)OC(=O)CCCCCCC/C=C\CCCCCC)OC(C(=O)O)C(O)C1O. The zero-order chi connectivity index (χ0) is 50.4. The van der Waals surface area contributed by atoms with Gasteiger partial charge >= 0.3 is 23.9 Å². The van der Waals surface area contributed by atoms with E-state index in [1.54, 1.807) is 0 Å². The van der Waals surface area contributed by atoms with Crippen LogP contribution in [0.15, 0.2) is 60.8 Å². The molecule has 0 aromatic heterocycles. The minimum Gasteiger partial charge on any atom is -0.479 e. The van der Waals surface area contributed by atoms with Crippen molar-refractivity contribution in [2.45, 2.75) is 263 Å². The molecule has 396 valence electrons. The topological polar surface area (TPSA) is 175 Å². The fourth-order valence-electron chi connectivity index (χ4n) is 7.84. The lowest BCUT2D eigenvalue weighted by Crippen LogP contribution is -2.61. The second-order valence-electron chi connectivity index (χ2n) is 18.5. The summed E-state index contributed by atoms with van der Waals surface area (Å²) < 4.78 is 28.3. The van der Waals surface area contributed by atoms with E-state index in [2.05, 4.69) is 81.5 Å². The number of ether oxygens (including phenoxy) is 5. The van der Waals surface area contributed by atoms with Gasteiger partial charge < -0.3 is 39.0 Å². The second-order valence-corrected chi connectivity index (χ2v) is 18.5. The van der Waals surface area contributed by atoms with Crippen LogP contribution in [-0.2, 0) is 42.9 Å². The Balaban J connectivity index is 2.75. The fourth-order valence-corrected chi connectivity index (χ4v) is 7.84. The molecule has 0 spiro atoms. The number of unbranched alkanes of at least 4 members (excludes halogenated alkanes) is 21.